The van der Waals surface area contributed by atoms with Gasteiger partial charge in [0, 0.05) is 27.6 Å². The Balaban J connectivity index is 1.51. The van der Waals surface area contributed by atoms with Gasteiger partial charge in [-0.2, -0.15) is 0 Å². The quantitative estimate of drug-likeness (QED) is 0.534. The number of rotatable bonds is 6. The Bertz CT molecular complexity index is 1150. The Labute approximate surface area is 194 Å². The number of aryl methyl sites for hydroxylation is 1. The molecule has 2 aliphatic rings. The Morgan fingerprint density at radius 1 is 1.06 bits per heavy atom. The number of pyridine rings is 1. The Kier molecular flexibility index (Phi) is 6.56. The van der Waals surface area contributed by atoms with Gasteiger partial charge in [-0.15, -0.1) is 11.8 Å². The molecule has 3 heterocycles. The molecule has 2 aromatic carbocycles. The second kappa shape index (κ2) is 9.72. The molecule has 5 heteroatoms. The van der Waals surface area contributed by atoms with Crippen molar-refractivity contribution >= 4 is 22.7 Å². The molecule has 0 saturated carbocycles. The van der Waals surface area contributed by atoms with Gasteiger partial charge >= 0.3 is 0 Å². The fraction of sp³-hybridized carbons (Fsp3) is 0.444. The van der Waals surface area contributed by atoms with Crippen LogP contribution >= 0.6 is 11.8 Å². The van der Waals surface area contributed by atoms with Gasteiger partial charge in [0.25, 0.3) is 5.56 Å². The monoisotopic (exact) mass is 448 g/mol. The van der Waals surface area contributed by atoms with Gasteiger partial charge in [-0.1, -0.05) is 25.5 Å². The molecule has 1 aromatic heterocycles. The van der Waals surface area contributed by atoms with E-state index in [2.05, 4.69) is 52.3 Å². The van der Waals surface area contributed by atoms with Crippen LogP contribution in [0.4, 0.5) is 0 Å². The van der Waals surface area contributed by atoms with Crippen molar-refractivity contribution in [3.63, 3.8) is 0 Å². The zero-order valence-corrected chi connectivity index (χ0v) is 19.7. The van der Waals surface area contributed by atoms with Crippen molar-refractivity contribution in [1.29, 1.82) is 0 Å². The summed E-state index contributed by atoms with van der Waals surface area (Å²) >= 11 is 1.90. The predicted octanol–water partition coefficient (Wildman–Crippen LogP) is 5.58. The third-order valence-electron chi connectivity index (χ3n) is 6.88. The van der Waals surface area contributed by atoms with E-state index in [1.165, 1.54) is 48.4 Å². The molecular weight excluding hydrogens is 416 g/mol. The summed E-state index contributed by atoms with van der Waals surface area (Å²) < 4.78 is 5.85. The molecule has 0 bridgehead atoms. The molecule has 0 unspecified atom stereocenters. The number of piperidine rings is 1. The normalized spacial score (nSPS) is 17.7. The number of benzene rings is 2. The number of fused-ring (bicyclic) bond motifs is 2. The molecule has 0 radical (unpaired) electrons. The highest BCUT2D eigenvalue weighted by Crippen LogP contribution is 2.38. The van der Waals surface area contributed by atoms with E-state index in [0.29, 0.717) is 5.92 Å². The minimum Gasteiger partial charge on any atom is -0.492 e. The second-order valence-corrected chi connectivity index (χ2v) is 10.1. The van der Waals surface area contributed by atoms with Crippen molar-refractivity contribution < 1.29 is 4.74 Å². The molecule has 1 fully saturated rings. The van der Waals surface area contributed by atoms with Crippen molar-refractivity contribution in [3.8, 4) is 5.75 Å². The molecular formula is C27H32N2O2S. The first-order valence-corrected chi connectivity index (χ1v) is 13.0. The van der Waals surface area contributed by atoms with Crippen LogP contribution in [0.2, 0.25) is 0 Å². The maximum absolute atomic E-state index is 12.2. The molecule has 1 saturated heterocycles. The average molecular weight is 449 g/mol. The van der Waals surface area contributed by atoms with E-state index in [1.807, 2.05) is 18.7 Å². The van der Waals surface area contributed by atoms with E-state index >= 15 is 0 Å². The van der Waals surface area contributed by atoms with Crippen LogP contribution in [0.3, 0.4) is 0 Å². The van der Waals surface area contributed by atoms with Crippen molar-refractivity contribution in [2.45, 2.75) is 49.8 Å². The van der Waals surface area contributed by atoms with Gasteiger partial charge < -0.3 is 14.6 Å². The van der Waals surface area contributed by atoms with Crippen LogP contribution < -0.4 is 10.3 Å². The van der Waals surface area contributed by atoms with Crippen LogP contribution in [0.1, 0.15) is 55.2 Å². The number of likely N-dealkylation sites (tertiary alicyclic amines) is 1. The Hall–Kier alpha value is -2.24. The molecule has 168 valence electrons. The highest BCUT2D eigenvalue weighted by molar-refractivity contribution is 7.99. The molecule has 0 aliphatic carbocycles. The number of ether oxygens (including phenoxy) is 1. The highest BCUT2D eigenvalue weighted by Gasteiger charge is 2.21. The van der Waals surface area contributed by atoms with Crippen LogP contribution in [0.25, 0.3) is 10.9 Å². The minimum absolute atomic E-state index is 0.0288. The molecule has 4 nitrogen and oxygen atoms in total. The van der Waals surface area contributed by atoms with E-state index < -0.39 is 0 Å². The lowest BCUT2D eigenvalue weighted by atomic mass is 9.87. The van der Waals surface area contributed by atoms with E-state index in [-0.39, 0.29) is 5.56 Å². The lowest BCUT2D eigenvalue weighted by Gasteiger charge is -2.29. The molecule has 0 amide bonds. The number of nitrogens with zero attached hydrogens (tertiary/aromatic N) is 1. The first-order chi connectivity index (χ1) is 15.7. The van der Waals surface area contributed by atoms with Crippen molar-refractivity contribution in [2.75, 3.05) is 32.0 Å². The lowest BCUT2D eigenvalue weighted by molar-refractivity contribution is 0.223. The number of hydrogen-bond donors (Lipinski definition) is 1. The van der Waals surface area contributed by atoms with Crippen LogP contribution in [0.5, 0.6) is 5.75 Å². The number of hydrogen-bond acceptors (Lipinski definition) is 4. The summed E-state index contributed by atoms with van der Waals surface area (Å²) in [5.41, 5.74) is 4.48. The first-order valence-electron chi connectivity index (χ1n) is 12.0. The van der Waals surface area contributed by atoms with Crippen LogP contribution in [-0.4, -0.2) is 41.9 Å². The fourth-order valence-corrected chi connectivity index (χ4v) is 5.92. The maximum Gasteiger partial charge on any atom is 0.251 e. The molecule has 32 heavy (non-hydrogen) atoms. The molecule has 0 spiro atoms. The number of thioether (sulfide) groups is 1. The number of nitrogens with one attached hydrogen (secondary N) is 1. The molecule has 5 rings (SSSR count). The average Bonchev–Trinajstić information content (AvgIpc) is 2.84. The number of aromatic nitrogens is 1. The Morgan fingerprint density at radius 2 is 1.88 bits per heavy atom. The number of H-pyrrole nitrogens is 1. The van der Waals surface area contributed by atoms with Crippen molar-refractivity contribution in [3.05, 3.63) is 69.5 Å². The fourth-order valence-electron chi connectivity index (χ4n) is 5.05. The minimum atomic E-state index is 0.0288. The lowest BCUT2D eigenvalue weighted by Crippen LogP contribution is -2.31. The van der Waals surface area contributed by atoms with Gasteiger partial charge in [0.2, 0.25) is 0 Å². The van der Waals surface area contributed by atoms with Gasteiger partial charge in [-0.25, -0.2) is 0 Å². The highest BCUT2D eigenvalue weighted by atomic mass is 32.2. The van der Waals surface area contributed by atoms with Gasteiger partial charge in [0.15, 0.2) is 0 Å². The third kappa shape index (κ3) is 4.60. The summed E-state index contributed by atoms with van der Waals surface area (Å²) in [4.78, 5) is 19.2. The molecule has 2 aliphatic heterocycles. The van der Waals surface area contributed by atoms with Crippen LogP contribution in [-0.2, 0) is 6.42 Å². The Morgan fingerprint density at radius 3 is 2.72 bits per heavy atom. The van der Waals surface area contributed by atoms with E-state index in [0.717, 1.165) is 54.0 Å². The summed E-state index contributed by atoms with van der Waals surface area (Å²) in [6.45, 7) is 6.39. The van der Waals surface area contributed by atoms with Gasteiger partial charge in [-0.3, -0.25) is 4.79 Å². The van der Waals surface area contributed by atoms with Crippen LogP contribution in [0.15, 0.2) is 52.2 Å². The number of aromatic amines is 1. The van der Waals surface area contributed by atoms with Crippen molar-refractivity contribution in [2.24, 2.45) is 0 Å². The SMILES string of the molecule is CCc1cc2cc([C@@H](CCN3CCCCC3)c3ccc4c(c3)SCCO4)ccc2[nH]c1=O. The standard InChI is InChI=1S/C27H32N2O2S/c1-2-19-16-22-17-20(6-8-24(22)28-27(19)30)23(10-13-29-11-4-3-5-12-29)21-7-9-25-26(18-21)32-15-14-31-25/h6-9,16-18,23H,2-5,10-15H2,1H3,(H,28,30)/t23-/m1/s1. The summed E-state index contributed by atoms with van der Waals surface area (Å²) in [5.74, 6) is 2.35. The zero-order valence-electron chi connectivity index (χ0n) is 18.9. The summed E-state index contributed by atoms with van der Waals surface area (Å²) in [7, 11) is 0. The van der Waals surface area contributed by atoms with Crippen LogP contribution in [0, 0.1) is 0 Å². The predicted molar refractivity (Wildman–Crippen MR) is 133 cm³/mol. The van der Waals surface area contributed by atoms with Crippen molar-refractivity contribution in [1.82, 2.24) is 9.88 Å². The summed E-state index contributed by atoms with van der Waals surface area (Å²) in [6.07, 6.45) is 5.85. The topological polar surface area (TPSA) is 45.3 Å². The second-order valence-electron chi connectivity index (χ2n) is 8.97. The van der Waals surface area contributed by atoms with E-state index in [4.69, 9.17) is 4.74 Å². The van der Waals surface area contributed by atoms with E-state index in [9.17, 15) is 4.79 Å². The largest absolute Gasteiger partial charge is 0.492 e. The third-order valence-corrected chi connectivity index (χ3v) is 7.88. The summed E-state index contributed by atoms with van der Waals surface area (Å²) in [5, 5.41) is 1.12. The van der Waals surface area contributed by atoms with E-state index in [1.54, 1.807) is 0 Å². The van der Waals surface area contributed by atoms with Gasteiger partial charge in [0.05, 0.1) is 6.61 Å². The zero-order chi connectivity index (χ0) is 21.9. The first kappa shape index (κ1) is 21.6. The molecule has 1 N–H and O–H groups in total. The van der Waals surface area contributed by atoms with Gasteiger partial charge in [-0.05, 0) is 92.2 Å². The molecule has 1 atom stereocenters. The maximum atomic E-state index is 12.2. The summed E-state index contributed by atoms with van der Waals surface area (Å²) in [6, 6.07) is 15.4. The smallest absolute Gasteiger partial charge is 0.251 e. The molecule has 3 aromatic rings. The van der Waals surface area contributed by atoms with Gasteiger partial charge in [0.1, 0.15) is 5.75 Å².